The van der Waals surface area contributed by atoms with Gasteiger partial charge in [-0.1, -0.05) is 34.5 Å². The summed E-state index contributed by atoms with van der Waals surface area (Å²) in [7, 11) is 0. The van der Waals surface area contributed by atoms with E-state index in [0.29, 0.717) is 11.3 Å². The van der Waals surface area contributed by atoms with Gasteiger partial charge in [0.1, 0.15) is 0 Å². The van der Waals surface area contributed by atoms with Gasteiger partial charge in [0, 0.05) is 0 Å². The van der Waals surface area contributed by atoms with E-state index in [2.05, 4.69) is 4.98 Å². The fourth-order valence-corrected chi connectivity index (χ4v) is 2.74. The summed E-state index contributed by atoms with van der Waals surface area (Å²) in [6, 6.07) is 2.46. The van der Waals surface area contributed by atoms with Crippen molar-refractivity contribution in [2.24, 2.45) is 0 Å². The lowest BCUT2D eigenvalue weighted by atomic mass is 10.1. The number of nitrogens with zero attached hydrogens (tertiary/aromatic N) is 1. The summed E-state index contributed by atoms with van der Waals surface area (Å²) in [4.78, 5) is 14.8. The minimum Gasteiger partial charge on any atom is -0.296 e. The summed E-state index contributed by atoms with van der Waals surface area (Å²) in [5.74, 6) is -15.4. The first-order valence-corrected chi connectivity index (χ1v) is 7.24. The van der Waals surface area contributed by atoms with Gasteiger partial charge in [0.05, 0.1) is 20.3 Å². The smallest absolute Gasteiger partial charge is 0.296 e. The average molecular weight is 415 g/mol. The number of aromatic nitrogens is 1. The maximum Gasteiger partial charge on any atom is 0.460 e. The van der Waals surface area contributed by atoms with Gasteiger partial charge in [-0.25, -0.2) is 4.98 Å². The molecule has 0 aliphatic rings. The van der Waals surface area contributed by atoms with E-state index in [4.69, 9.17) is 23.2 Å². The number of nitrogens with one attached hydrogen (secondary N) is 1. The molecule has 2 aromatic rings. The lowest BCUT2D eigenvalue weighted by Crippen LogP contribution is -2.57. The van der Waals surface area contributed by atoms with Gasteiger partial charge in [-0.15, -0.1) is 0 Å². The Bertz CT molecular complexity index is 767. The summed E-state index contributed by atoms with van der Waals surface area (Å²) >= 11 is 11.9. The lowest BCUT2D eigenvalue weighted by Gasteiger charge is -2.26. The third kappa shape index (κ3) is 3.11. The Labute approximate surface area is 142 Å². The van der Waals surface area contributed by atoms with E-state index < -0.39 is 29.1 Å². The van der Waals surface area contributed by atoms with Crippen LogP contribution >= 0.6 is 34.5 Å². The average Bonchev–Trinajstić information content (AvgIpc) is 2.78. The second kappa shape index (κ2) is 5.88. The van der Waals surface area contributed by atoms with E-state index in [1.54, 1.807) is 0 Å². The number of halogens is 9. The number of thiazole rings is 1. The number of carbonyl (C=O) groups excluding carboxylic acids is 1. The zero-order chi connectivity index (χ0) is 18.5. The SMILES string of the molecule is O=C(Nc1nc2cc(Cl)c(Cl)cc2s1)C(F)(F)C(F)(F)C(F)(F)F. The molecule has 13 heteroatoms. The Balaban J connectivity index is 2.32. The van der Waals surface area contributed by atoms with E-state index >= 15 is 0 Å². The molecule has 0 saturated carbocycles. The number of amides is 1. The van der Waals surface area contributed by atoms with Crippen LogP contribution in [0, 0.1) is 0 Å². The van der Waals surface area contributed by atoms with Crippen LogP contribution in [-0.4, -0.2) is 28.9 Å². The number of rotatable bonds is 3. The van der Waals surface area contributed by atoms with Crippen molar-refractivity contribution < 1.29 is 35.5 Å². The maximum atomic E-state index is 13.2. The molecule has 0 bridgehead atoms. The van der Waals surface area contributed by atoms with Crippen LogP contribution in [-0.2, 0) is 4.79 Å². The molecule has 0 radical (unpaired) electrons. The van der Waals surface area contributed by atoms with E-state index in [-0.39, 0.29) is 20.3 Å². The molecule has 3 nitrogen and oxygen atoms in total. The highest BCUT2D eigenvalue weighted by Crippen LogP contribution is 2.47. The number of hydrogen-bond acceptors (Lipinski definition) is 3. The van der Waals surface area contributed by atoms with Gasteiger partial charge >= 0.3 is 23.9 Å². The molecule has 1 heterocycles. The number of anilines is 1. The zero-order valence-electron chi connectivity index (χ0n) is 10.8. The Hall–Kier alpha value is -1.33. The molecule has 1 N–H and O–H groups in total. The van der Waals surface area contributed by atoms with Crippen LogP contribution in [0.15, 0.2) is 12.1 Å². The van der Waals surface area contributed by atoms with E-state index in [9.17, 15) is 35.5 Å². The van der Waals surface area contributed by atoms with Crippen molar-refractivity contribution in [1.82, 2.24) is 4.98 Å². The molecule has 0 aliphatic carbocycles. The standard InChI is InChI=1S/C11H3Cl2F7N2OS/c12-3-1-5-6(2-4(3)13)24-8(21-5)22-7(23)9(14,15)10(16,17)11(18,19)20/h1-2H,(H,21,22,23). The van der Waals surface area contributed by atoms with Crippen LogP contribution in [0.5, 0.6) is 0 Å². The molecule has 1 amide bonds. The minimum absolute atomic E-state index is 0.0428. The predicted octanol–water partition coefficient (Wildman–Crippen LogP) is 5.37. The number of hydrogen-bond donors (Lipinski definition) is 1. The van der Waals surface area contributed by atoms with Crippen molar-refractivity contribution in [3.63, 3.8) is 0 Å². The van der Waals surface area contributed by atoms with Gasteiger partial charge in [-0.2, -0.15) is 30.7 Å². The summed E-state index contributed by atoms with van der Waals surface area (Å²) in [5.41, 5.74) is 0.0793. The molecule has 1 aromatic carbocycles. The van der Waals surface area contributed by atoms with Crippen LogP contribution in [0.3, 0.4) is 0 Å². The van der Waals surface area contributed by atoms with Crippen molar-refractivity contribution in [2.75, 3.05) is 5.32 Å². The highest BCUT2D eigenvalue weighted by Gasteiger charge is 2.76. The lowest BCUT2D eigenvalue weighted by molar-refractivity contribution is -0.343. The fraction of sp³-hybridized carbons (Fsp3) is 0.273. The number of benzene rings is 1. The number of alkyl halides is 7. The second-order valence-corrected chi connectivity index (χ2v) is 6.20. The summed E-state index contributed by atoms with van der Waals surface area (Å²) < 4.78 is 88.3. The van der Waals surface area contributed by atoms with Gasteiger partial charge in [-0.3, -0.25) is 10.1 Å². The van der Waals surface area contributed by atoms with Gasteiger partial charge in [0.15, 0.2) is 5.13 Å². The van der Waals surface area contributed by atoms with E-state index in [1.165, 1.54) is 17.4 Å². The second-order valence-electron chi connectivity index (χ2n) is 4.35. The van der Waals surface area contributed by atoms with E-state index in [1.807, 2.05) is 0 Å². The van der Waals surface area contributed by atoms with Crippen molar-refractivity contribution >= 4 is 55.8 Å². The first-order valence-electron chi connectivity index (χ1n) is 5.67. The quantitative estimate of drug-likeness (QED) is 0.685. The highest BCUT2D eigenvalue weighted by atomic mass is 35.5. The van der Waals surface area contributed by atoms with Gasteiger partial charge < -0.3 is 0 Å². The van der Waals surface area contributed by atoms with Gasteiger partial charge in [-0.05, 0) is 12.1 Å². The van der Waals surface area contributed by atoms with Crippen LogP contribution in [0.25, 0.3) is 10.2 Å². The van der Waals surface area contributed by atoms with Crippen molar-refractivity contribution in [3.8, 4) is 0 Å². The van der Waals surface area contributed by atoms with Crippen molar-refractivity contribution in [2.45, 2.75) is 18.0 Å². The number of fused-ring (bicyclic) bond motifs is 1. The van der Waals surface area contributed by atoms with Crippen LogP contribution in [0.1, 0.15) is 0 Å². The van der Waals surface area contributed by atoms with Gasteiger partial charge in [0.2, 0.25) is 0 Å². The largest absolute Gasteiger partial charge is 0.460 e. The molecule has 0 aliphatic heterocycles. The maximum absolute atomic E-state index is 13.2. The zero-order valence-corrected chi connectivity index (χ0v) is 13.1. The fourth-order valence-electron chi connectivity index (χ4n) is 1.47. The molecule has 0 saturated heterocycles. The summed E-state index contributed by atoms with van der Waals surface area (Å²) in [5, 5.41) is 0.734. The Morgan fingerprint density at radius 1 is 1.04 bits per heavy atom. The number of carbonyl (C=O) groups is 1. The third-order valence-electron chi connectivity index (χ3n) is 2.69. The normalized spacial score (nSPS) is 13.4. The molecule has 0 fully saturated rings. The molecule has 2 rings (SSSR count). The van der Waals surface area contributed by atoms with E-state index in [0.717, 1.165) is 0 Å². The molecule has 1 aromatic heterocycles. The minimum atomic E-state index is -6.61. The monoisotopic (exact) mass is 414 g/mol. The topological polar surface area (TPSA) is 42.0 Å². The Morgan fingerprint density at radius 3 is 2.12 bits per heavy atom. The molecule has 0 atom stereocenters. The molecule has 0 spiro atoms. The Morgan fingerprint density at radius 2 is 1.58 bits per heavy atom. The van der Waals surface area contributed by atoms with Gasteiger partial charge in [0.25, 0.3) is 0 Å². The van der Waals surface area contributed by atoms with Crippen LogP contribution in [0.4, 0.5) is 35.9 Å². The molecule has 24 heavy (non-hydrogen) atoms. The van der Waals surface area contributed by atoms with Crippen LogP contribution < -0.4 is 5.32 Å². The first kappa shape index (κ1) is 19.0. The predicted molar refractivity (Wildman–Crippen MR) is 74.2 cm³/mol. The third-order valence-corrected chi connectivity index (χ3v) is 4.34. The molecular formula is C11H3Cl2F7N2OS. The van der Waals surface area contributed by atoms with Crippen molar-refractivity contribution in [3.05, 3.63) is 22.2 Å². The van der Waals surface area contributed by atoms with Crippen molar-refractivity contribution in [1.29, 1.82) is 0 Å². The summed E-state index contributed by atoms with van der Waals surface area (Å²) in [6.07, 6.45) is -6.61. The molecular weight excluding hydrogens is 412 g/mol. The Kier molecular flexibility index (Phi) is 4.66. The highest BCUT2D eigenvalue weighted by molar-refractivity contribution is 7.22. The first-order chi connectivity index (χ1) is 10.8. The van der Waals surface area contributed by atoms with Crippen LogP contribution in [0.2, 0.25) is 10.0 Å². The summed E-state index contributed by atoms with van der Waals surface area (Å²) in [6.45, 7) is 0. The molecule has 132 valence electrons. The molecule has 0 unspecified atom stereocenters.